The molecule has 7 nitrogen and oxygen atoms in total. The lowest BCUT2D eigenvalue weighted by Gasteiger charge is -2.06. The zero-order valence-corrected chi connectivity index (χ0v) is 15.7. The zero-order valence-electron chi connectivity index (χ0n) is 15.7. The average Bonchev–Trinajstić information content (AvgIpc) is 2.74. The maximum Gasteiger partial charge on any atom is 0.337 e. The highest BCUT2D eigenvalue weighted by atomic mass is 16.5. The van der Waals surface area contributed by atoms with Crippen LogP contribution in [0.1, 0.15) is 39.6 Å². The molecule has 0 aromatic heterocycles. The molecule has 28 heavy (non-hydrogen) atoms. The summed E-state index contributed by atoms with van der Waals surface area (Å²) in [7, 11) is 1.28. The Labute approximate surface area is 163 Å². The van der Waals surface area contributed by atoms with Crippen LogP contribution in [0.4, 0.5) is 0 Å². The molecule has 2 N–H and O–H groups in total. The number of benzene rings is 2. The van der Waals surface area contributed by atoms with E-state index in [4.69, 9.17) is 4.74 Å². The van der Waals surface area contributed by atoms with Crippen LogP contribution in [-0.4, -0.2) is 31.5 Å². The Bertz CT molecular complexity index is 842. The molecule has 0 saturated carbocycles. The van der Waals surface area contributed by atoms with Crippen LogP contribution in [0, 0.1) is 0 Å². The topological polar surface area (TPSA) is 93.7 Å². The zero-order chi connectivity index (χ0) is 20.4. The molecule has 0 spiro atoms. The summed E-state index contributed by atoms with van der Waals surface area (Å²) in [5.74, 6) is -0.703. The lowest BCUT2D eigenvalue weighted by molar-refractivity contribution is -0.117. The number of nitrogens with one attached hydrogen (secondary N) is 2. The molecule has 2 amide bonds. The molecule has 0 aliphatic rings. The summed E-state index contributed by atoms with van der Waals surface area (Å²) >= 11 is 0. The van der Waals surface area contributed by atoms with Crippen LogP contribution in [0.15, 0.2) is 54.6 Å². The fraction of sp³-hybridized carbons (Fsp3) is 0.190. The molecular formula is C21H22N2O5. The highest BCUT2D eigenvalue weighted by Crippen LogP contribution is 2.13. The molecule has 0 aliphatic carbocycles. The van der Waals surface area contributed by atoms with E-state index in [-0.39, 0.29) is 0 Å². The molecule has 7 heteroatoms. The van der Waals surface area contributed by atoms with Crippen LogP contribution in [-0.2, 0) is 9.53 Å². The van der Waals surface area contributed by atoms with Crippen molar-refractivity contribution in [1.82, 2.24) is 10.9 Å². The van der Waals surface area contributed by atoms with Crippen molar-refractivity contribution in [2.24, 2.45) is 0 Å². The Morgan fingerprint density at radius 1 is 0.929 bits per heavy atom. The van der Waals surface area contributed by atoms with Crippen molar-refractivity contribution in [3.05, 3.63) is 71.3 Å². The summed E-state index contributed by atoms with van der Waals surface area (Å²) in [5.41, 5.74) is 6.05. The number of rotatable bonds is 7. The van der Waals surface area contributed by atoms with E-state index in [1.807, 2.05) is 31.2 Å². The van der Waals surface area contributed by atoms with Gasteiger partial charge in [0.25, 0.3) is 11.8 Å². The van der Waals surface area contributed by atoms with Gasteiger partial charge < -0.3 is 9.47 Å². The van der Waals surface area contributed by atoms with E-state index in [0.29, 0.717) is 17.7 Å². The molecule has 0 atom stereocenters. The summed E-state index contributed by atoms with van der Waals surface area (Å²) in [6, 6.07) is 13.2. The standard InChI is InChI=1S/C21H22N2O5/c1-3-14-28-18-11-4-15(5-12-18)6-13-19(24)22-23-20(25)16-7-9-17(10-8-16)21(26)27-2/h4-13H,3,14H2,1-2H3,(H,22,24)(H,23,25). The lowest BCUT2D eigenvalue weighted by Crippen LogP contribution is -2.40. The van der Waals surface area contributed by atoms with E-state index < -0.39 is 17.8 Å². The Balaban J connectivity index is 1.83. The van der Waals surface area contributed by atoms with Gasteiger partial charge in [-0.05, 0) is 54.5 Å². The summed E-state index contributed by atoms with van der Waals surface area (Å²) in [4.78, 5) is 35.2. The van der Waals surface area contributed by atoms with Gasteiger partial charge in [-0.1, -0.05) is 19.1 Å². The fourth-order valence-electron chi connectivity index (χ4n) is 2.17. The fourth-order valence-corrected chi connectivity index (χ4v) is 2.17. The number of hydrogen-bond acceptors (Lipinski definition) is 5. The minimum Gasteiger partial charge on any atom is -0.494 e. The first-order chi connectivity index (χ1) is 13.5. The highest BCUT2D eigenvalue weighted by Gasteiger charge is 2.09. The molecule has 2 aromatic carbocycles. The van der Waals surface area contributed by atoms with Crippen molar-refractivity contribution in [2.45, 2.75) is 13.3 Å². The van der Waals surface area contributed by atoms with E-state index in [2.05, 4.69) is 15.6 Å². The van der Waals surface area contributed by atoms with Gasteiger partial charge in [-0.25, -0.2) is 4.79 Å². The molecule has 2 aromatic rings. The molecule has 0 aliphatic heterocycles. The minimum atomic E-state index is -0.504. The van der Waals surface area contributed by atoms with Crippen LogP contribution >= 0.6 is 0 Å². The summed E-state index contributed by atoms with van der Waals surface area (Å²) in [6.45, 7) is 2.69. The van der Waals surface area contributed by atoms with E-state index >= 15 is 0 Å². The SMILES string of the molecule is CCCOc1ccc(C=CC(=O)NNC(=O)c2ccc(C(=O)OC)cc2)cc1. The quantitative estimate of drug-likeness (QED) is 0.436. The van der Waals surface area contributed by atoms with Crippen LogP contribution in [0.5, 0.6) is 5.75 Å². The predicted molar refractivity (Wildman–Crippen MR) is 105 cm³/mol. The third kappa shape index (κ3) is 6.28. The summed E-state index contributed by atoms with van der Waals surface area (Å²) < 4.78 is 10.1. The minimum absolute atomic E-state index is 0.291. The van der Waals surface area contributed by atoms with Crippen LogP contribution in [0.3, 0.4) is 0 Å². The predicted octanol–water partition coefficient (Wildman–Crippen LogP) is 2.74. The van der Waals surface area contributed by atoms with Crippen molar-refractivity contribution >= 4 is 23.9 Å². The Morgan fingerprint density at radius 3 is 2.18 bits per heavy atom. The first kappa shape index (κ1) is 20.7. The van der Waals surface area contributed by atoms with Crippen molar-refractivity contribution in [2.75, 3.05) is 13.7 Å². The monoisotopic (exact) mass is 382 g/mol. The number of amides is 2. The van der Waals surface area contributed by atoms with Crippen molar-refractivity contribution in [1.29, 1.82) is 0 Å². The highest BCUT2D eigenvalue weighted by molar-refractivity contribution is 5.98. The van der Waals surface area contributed by atoms with Gasteiger partial charge in [0.15, 0.2) is 0 Å². The second-order valence-electron chi connectivity index (χ2n) is 5.76. The maximum atomic E-state index is 12.0. The third-order valence-electron chi connectivity index (χ3n) is 3.65. The number of hydrogen-bond donors (Lipinski definition) is 2. The second-order valence-corrected chi connectivity index (χ2v) is 5.76. The van der Waals surface area contributed by atoms with Gasteiger partial charge in [-0.3, -0.25) is 20.4 Å². The van der Waals surface area contributed by atoms with E-state index in [0.717, 1.165) is 17.7 Å². The molecule has 0 saturated heterocycles. The third-order valence-corrected chi connectivity index (χ3v) is 3.65. The average molecular weight is 382 g/mol. The van der Waals surface area contributed by atoms with Crippen molar-refractivity contribution in [3.8, 4) is 5.75 Å². The van der Waals surface area contributed by atoms with E-state index in [1.165, 1.54) is 37.5 Å². The molecule has 0 bridgehead atoms. The molecule has 0 unspecified atom stereocenters. The number of esters is 1. The molecule has 0 radical (unpaired) electrons. The van der Waals surface area contributed by atoms with Gasteiger partial charge in [0, 0.05) is 11.6 Å². The normalized spacial score (nSPS) is 10.4. The van der Waals surface area contributed by atoms with Gasteiger partial charge in [0.2, 0.25) is 0 Å². The van der Waals surface area contributed by atoms with Gasteiger partial charge in [-0.15, -0.1) is 0 Å². The first-order valence-electron chi connectivity index (χ1n) is 8.73. The van der Waals surface area contributed by atoms with Gasteiger partial charge in [0.1, 0.15) is 5.75 Å². The molecule has 0 fully saturated rings. The van der Waals surface area contributed by atoms with E-state index in [1.54, 1.807) is 6.08 Å². The van der Waals surface area contributed by atoms with Crippen molar-refractivity contribution < 1.29 is 23.9 Å². The molecule has 146 valence electrons. The Hall–Kier alpha value is -3.61. The second kappa shape index (κ2) is 10.5. The number of ether oxygens (including phenoxy) is 2. The van der Waals surface area contributed by atoms with E-state index in [9.17, 15) is 14.4 Å². The van der Waals surface area contributed by atoms with Crippen LogP contribution in [0.2, 0.25) is 0 Å². The Morgan fingerprint density at radius 2 is 1.57 bits per heavy atom. The van der Waals surface area contributed by atoms with Crippen molar-refractivity contribution in [3.63, 3.8) is 0 Å². The largest absolute Gasteiger partial charge is 0.494 e. The number of hydrazine groups is 1. The lowest BCUT2D eigenvalue weighted by atomic mass is 10.1. The number of carbonyl (C=O) groups is 3. The maximum absolute atomic E-state index is 12.0. The van der Waals surface area contributed by atoms with Crippen LogP contribution < -0.4 is 15.6 Å². The summed E-state index contributed by atoms with van der Waals surface area (Å²) in [5, 5.41) is 0. The van der Waals surface area contributed by atoms with Gasteiger partial charge in [0.05, 0.1) is 19.3 Å². The summed E-state index contributed by atoms with van der Waals surface area (Å²) in [6.07, 6.45) is 3.86. The molecule has 0 heterocycles. The van der Waals surface area contributed by atoms with Crippen LogP contribution in [0.25, 0.3) is 6.08 Å². The van der Waals surface area contributed by atoms with Gasteiger partial charge in [-0.2, -0.15) is 0 Å². The first-order valence-corrected chi connectivity index (χ1v) is 8.73. The van der Waals surface area contributed by atoms with Gasteiger partial charge >= 0.3 is 5.97 Å². The molecule has 2 rings (SSSR count). The number of carbonyl (C=O) groups excluding carboxylic acids is 3. The molecular weight excluding hydrogens is 360 g/mol. The Kier molecular flexibility index (Phi) is 7.77. The number of methoxy groups -OCH3 is 1. The smallest absolute Gasteiger partial charge is 0.337 e.